The minimum atomic E-state index is -4.55. The number of halogens is 3. The first kappa shape index (κ1) is 17.0. The van der Waals surface area contributed by atoms with Crippen LogP contribution in [-0.2, 0) is 4.74 Å². The van der Waals surface area contributed by atoms with E-state index in [0.717, 1.165) is 0 Å². The van der Waals surface area contributed by atoms with Gasteiger partial charge in [0.05, 0.1) is 6.61 Å². The van der Waals surface area contributed by atoms with Gasteiger partial charge >= 0.3 is 6.18 Å². The van der Waals surface area contributed by atoms with Crippen molar-refractivity contribution in [1.29, 1.82) is 0 Å². The number of amidine groups is 1. The van der Waals surface area contributed by atoms with Crippen molar-refractivity contribution in [3.63, 3.8) is 0 Å². The molecule has 0 aliphatic rings. The Morgan fingerprint density at radius 2 is 2.06 bits per heavy atom. The molecule has 0 rings (SSSR count). The Morgan fingerprint density at radius 3 is 2.39 bits per heavy atom. The van der Waals surface area contributed by atoms with Crippen LogP contribution >= 0.6 is 0 Å². The number of nitrogens with zero attached hydrogens (tertiary/aromatic N) is 2. The molecule has 8 heteroatoms. The highest BCUT2D eigenvalue weighted by Gasteiger charge is 2.44. The maximum Gasteiger partial charge on any atom is 0.400 e. The molecule has 0 spiro atoms. The zero-order valence-electron chi connectivity index (χ0n) is 10.7. The average Bonchev–Trinajstić information content (AvgIpc) is 2.28. The third-order valence-corrected chi connectivity index (χ3v) is 2.72. The maximum atomic E-state index is 12.8. The van der Waals surface area contributed by atoms with Crippen LogP contribution in [0.5, 0.6) is 0 Å². The Hall–Kier alpha value is -1.02. The average molecular weight is 271 g/mol. The molecule has 0 fully saturated rings. The Balaban J connectivity index is 4.84. The Morgan fingerprint density at radius 1 is 1.50 bits per heavy atom. The minimum absolute atomic E-state index is 0.184. The van der Waals surface area contributed by atoms with E-state index in [4.69, 9.17) is 15.7 Å². The van der Waals surface area contributed by atoms with Gasteiger partial charge in [-0.25, -0.2) is 0 Å². The number of alkyl halides is 3. The van der Waals surface area contributed by atoms with Crippen LogP contribution in [0.25, 0.3) is 0 Å². The van der Waals surface area contributed by atoms with Gasteiger partial charge in [-0.3, -0.25) is 4.90 Å². The lowest BCUT2D eigenvalue weighted by Gasteiger charge is -2.31. The number of nitrogens with two attached hydrogens (primary N) is 1. The number of hydrogen-bond donors (Lipinski definition) is 2. The summed E-state index contributed by atoms with van der Waals surface area (Å²) in [4.78, 5) is 1.57. The molecule has 0 bridgehead atoms. The standard InChI is InChI=1S/C10H20F3N3O2/c1-4-16(7(2)6-18-3)5-8(9(14)15-17)10(11,12)13/h7-8,17H,4-6H2,1-3H3,(H2,14,15). The van der Waals surface area contributed by atoms with Gasteiger partial charge in [0.2, 0.25) is 0 Å². The van der Waals surface area contributed by atoms with Gasteiger partial charge in [-0.15, -0.1) is 0 Å². The van der Waals surface area contributed by atoms with E-state index in [-0.39, 0.29) is 12.6 Å². The Labute approximate surface area is 104 Å². The highest BCUT2D eigenvalue weighted by molar-refractivity contribution is 5.83. The molecule has 0 amide bonds. The molecule has 5 nitrogen and oxygen atoms in total. The highest BCUT2D eigenvalue weighted by Crippen LogP contribution is 2.27. The third kappa shape index (κ3) is 5.09. The van der Waals surface area contributed by atoms with E-state index < -0.39 is 17.9 Å². The summed E-state index contributed by atoms with van der Waals surface area (Å²) in [6, 6.07) is -0.184. The van der Waals surface area contributed by atoms with Gasteiger partial charge in [-0.05, 0) is 13.5 Å². The number of likely N-dealkylation sites (N-methyl/N-ethyl adjacent to an activating group) is 1. The monoisotopic (exact) mass is 271 g/mol. The molecule has 0 saturated carbocycles. The molecular formula is C10H20F3N3O2. The summed E-state index contributed by atoms with van der Waals surface area (Å²) in [5, 5.41) is 10.9. The van der Waals surface area contributed by atoms with Gasteiger partial charge in [-0.2, -0.15) is 13.2 Å². The first-order valence-corrected chi connectivity index (χ1v) is 5.55. The van der Waals surface area contributed by atoms with Gasteiger partial charge in [0.15, 0.2) is 5.84 Å². The first-order chi connectivity index (χ1) is 8.27. The number of rotatable bonds is 7. The van der Waals surface area contributed by atoms with Crippen molar-refractivity contribution in [2.75, 3.05) is 26.8 Å². The predicted octanol–water partition coefficient (Wildman–Crippen LogP) is 1.27. The van der Waals surface area contributed by atoms with E-state index in [1.807, 2.05) is 0 Å². The lowest BCUT2D eigenvalue weighted by atomic mass is 10.1. The van der Waals surface area contributed by atoms with E-state index in [1.165, 1.54) is 7.11 Å². The van der Waals surface area contributed by atoms with Gasteiger partial charge < -0.3 is 15.7 Å². The van der Waals surface area contributed by atoms with Crippen LogP contribution < -0.4 is 5.73 Å². The van der Waals surface area contributed by atoms with E-state index in [2.05, 4.69) is 5.16 Å². The number of oxime groups is 1. The van der Waals surface area contributed by atoms with Crippen molar-refractivity contribution >= 4 is 5.84 Å². The third-order valence-electron chi connectivity index (χ3n) is 2.72. The van der Waals surface area contributed by atoms with Crippen molar-refractivity contribution in [2.24, 2.45) is 16.8 Å². The molecule has 2 unspecified atom stereocenters. The van der Waals surface area contributed by atoms with Crippen LogP contribution in [0.15, 0.2) is 5.16 Å². The largest absolute Gasteiger partial charge is 0.409 e. The summed E-state index contributed by atoms with van der Waals surface area (Å²) in [5.74, 6) is -2.81. The zero-order valence-corrected chi connectivity index (χ0v) is 10.7. The molecule has 108 valence electrons. The van der Waals surface area contributed by atoms with Gasteiger partial charge in [-0.1, -0.05) is 12.1 Å². The SMILES string of the molecule is CCN(CC(C(N)=NO)C(F)(F)F)C(C)COC. The lowest BCUT2D eigenvalue weighted by Crippen LogP contribution is -2.47. The fraction of sp³-hybridized carbons (Fsp3) is 0.900. The molecule has 0 aromatic heterocycles. The van der Waals surface area contributed by atoms with E-state index in [9.17, 15) is 13.2 Å². The summed E-state index contributed by atoms with van der Waals surface area (Å²) in [6.45, 7) is 3.86. The summed E-state index contributed by atoms with van der Waals surface area (Å²) in [7, 11) is 1.48. The molecule has 0 aliphatic heterocycles. The van der Waals surface area contributed by atoms with Crippen LogP contribution in [-0.4, -0.2) is 55.0 Å². The zero-order chi connectivity index (χ0) is 14.3. The minimum Gasteiger partial charge on any atom is -0.409 e. The highest BCUT2D eigenvalue weighted by atomic mass is 19.4. The topological polar surface area (TPSA) is 71.1 Å². The summed E-state index contributed by atoms with van der Waals surface area (Å²) >= 11 is 0. The number of hydrogen-bond acceptors (Lipinski definition) is 4. The molecule has 18 heavy (non-hydrogen) atoms. The summed E-state index contributed by atoms with van der Waals surface area (Å²) < 4.78 is 43.2. The van der Waals surface area contributed by atoms with Crippen LogP contribution in [0.2, 0.25) is 0 Å². The van der Waals surface area contributed by atoms with Crippen molar-refractivity contribution in [1.82, 2.24) is 4.90 Å². The molecule has 0 saturated heterocycles. The molecule has 0 aliphatic carbocycles. The molecule has 0 heterocycles. The number of ether oxygens (including phenoxy) is 1. The van der Waals surface area contributed by atoms with Crippen LogP contribution in [0.3, 0.4) is 0 Å². The second-order valence-electron chi connectivity index (χ2n) is 4.01. The van der Waals surface area contributed by atoms with E-state index in [0.29, 0.717) is 13.2 Å². The van der Waals surface area contributed by atoms with Gasteiger partial charge in [0, 0.05) is 19.7 Å². The van der Waals surface area contributed by atoms with Crippen molar-refractivity contribution in [2.45, 2.75) is 26.1 Å². The quantitative estimate of drug-likeness (QED) is 0.316. The van der Waals surface area contributed by atoms with Gasteiger partial charge in [0.25, 0.3) is 0 Å². The van der Waals surface area contributed by atoms with Crippen molar-refractivity contribution < 1.29 is 23.1 Å². The molecule has 0 radical (unpaired) electrons. The second-order valence-corrected chi connectivity index (χ2v) is 4.01. The lowest BCUT2D eigenvalue weighted by molar-refractivity contribution is -0.161. The van der Waals surface area contributed by atoms with Crippen LogP contribution in [0.1, 0.15) is 13.8 Å². The summed E-state index contributed by atoms with van der Waals surface area (Å²) in [6.07, 6.45) is -4.55. The van der Waals surface area contributed by atoms with Crippen molar-refractivity contribution in [3.8, 4) is 0 Å². The molecule has 0 aromatic rings. The fourth-order valence-electron chi connectivity index (χ4n) is 1.64. The Bertz CT molecular complexity index is 272. The first-order valence-electron chi connectivity index (χ1n) is 5.55. The molecule has 0 aromatic carbocycles. The van der Waals surface area contributed by atoms with Crippen LogP contribution in [0.4, 0.5) is 13.2 Å². The maximum absolute atomic E-state index is 12.8. The van der Waals surface area contributed by atoms with E-state index in [1.54, 1.807) is 18.7 Å². The molecular weight excluding hydrogens is 251 g/mol. The van der Waals surface area contributed by atoms with Gasteiger partial charge in [0.1, 0.15) is 5.92 Å². The molecule has 3 N–H and O–H groups in total. The normalized spacial score (nSPS) is 16.9. The Kier molecular flexibility index (Phi) is 7.00. The molecule has 2 atom stereocenters. The van der Waals surface area contributed by atoms with Crippen molar-refractivity contribution in [3.05, 3.63) is 0 Å². The summed E-state index contributed by atoms with van der Waals surface area (Å²) in [5.41, 5.74) is 5.10. The van der Waals surface area contributed by atoms with Crippen LogP contribution in [0, 0.1) is 5.92 Å². The second kappa shape index (κ2) is 7.42. The smallest absolute Gasteiger partial charge is 0.400 e. The fourth-order valence-corrected chi connectivity index (χ4v) is 1.64. The number of methoxy groups -OCH3 is 1. The van der Waals surface area contributed by atoms with E-state index >= 15 is 0 Å². The predicted molar refractivity (Wildman–Crippen MR) is 61.5 cm³/mol.